The van der Waals surface area contributed by atoms with E-state index in [0.29, 0.717) is 19.4 Å². The summed E-state index contributed by atoms with van der Waals surface area (Å²) in [5, 5.41) is 14.6. The molecule has 1 spiro atoms. The zero-order chi connectivity index (χ0) is 12.6. The molecule has 3 N–H and O–H groups in total. The number of aliphatic hydroxyl groups is 1. The first-order valence-corrected chi connectivity index (χ1v) is 6.10. The number of rotatable bonds is 3. The lowest BCUT2D eigenvalue weighted by molar-refractivity contribution is -0.135. The summed E-state index contributed by atoms with van der Waals surface area (Å²) in [7, 11) is 0. The first-order chi connectivity index (χ1) is 8.68. The van der Waals surface area contributed by atoms with Crippen molar-refractivity contribution in [2.75, 3.05) is 0 Å². The van der Waals surface area contributed by atoms with Crippen molar-refractivity contribution >= 4 is 5.91 Å². The molecule has 1 atom stereocenters. The molecule has 1 saturated carbocycles. The number of hydrogen-bond donors (Lipinski definition) is 3. The van der Waals surface area contributed by atoms with Gasteiger partial charge in [0.2, 0.25) is 5.91 Å². The highest BCUT2D eigenvalue weighted by Gasteiger charge is 2.55. The fourth-order valence-corrected chi connectivity index (χ4v) is 2.55. The van der Waals surface area contributed by atoms with Crippen LogP contribution in [0.4, 0.5) is 0 Å². The molecule has 1 aromatic rings. The van der Waals surface area contributed by atoms with Gasteiger partial charge in [0.1, 0.15) is 5.54 Å². The lowest BCUT2D eigenvalue weighted by atomic mass is 9.74. The third-order valence-electron chi connectivity index (χ3n) is 3.60. The molecule has 96 valence electrons. The van der Waals surface area contributed by atoms with Gasteiger partial charge in [-0.3, -0.25) is 10.1 Å². The Morgan fingerprint density at radius 1 is 1.33 bits per heavy atom. The van der Waals surface area contributed by atoms with Gasteiger partial charge in [-0.05, 0) is 5.56 Å². The Kier molecular flexibility index (Phi) is 2.81. The molecule has 5 nitrogen and oxygen atoms in total. The fourth-order valence-electron chi connectivity index (χ4n) is 2.55. The van der Waals surface area contributed by atoms with Crippen molar-refractivity contribution in [1.29, 1.82) is 0 Å². The maximum atomic E-state index is 11.6. The van der Waals surface area contributed by atoms with Crippen LogP contribution < -0.4 is 10.6 Å². The summed E-state index contributed by atoms with van der Waals surface area (Å²) >= 11 is 0. The van der Waals surface area contributed by atoms with Gasteiger partial charge in [0.05, 0.1) is 12.7 Å². The van der Waals surface area contributed by atoms with E-state index in [-0.39, 0.29) is 12.0 Å². The van der Waals surface area contributed by atoms with Crippen LogP contribution in [-0.2, 0) is 16.1 Å². The smallest absolute Gasteiger partial charge is 0.243 e. The highest BCUT2D eigenvalue weighted by molar-refractivity contribution is 5.89. The van der Waals surface area contributed by atoms with Crippen molar-refractivity contribution in [1.82, 2.24) is 10.6 Å². The Hall–Kier alpha value is -1.43. The van der Waals surface area contributed by atoms with Crippen LogP contribution in [0.2, 0.25) is 0 Å². The van der Waals surface area contributed by atoms with Crippen LogP contribution in [0.15, 0.2) is 30.3 Å². The van der Waals surface area contributed by atoms with Crippen molar-refractivity contribution < 1.29 is 14.6 Å². The maximum Gasteiger partial charge on any atom is 0.243 e. The van der Waals surface area contributed by atoms with Crippen LogP contribution in [-0.4, -0.2) is 29.0 Å². The number of ether oxygens (including phenoxy) is 1. The Morgan fingerprint density at radius 2 is 2.06 bits per heavy atom. The van der Waals surface area contributed by atoms with Gasteiger partial charge in [0, 0.05) is 12.8 Å². The monoisotopic (exact) mass is 248 g/mol. The van der Waals surface area contributed by atoms with Gasteiger partial charge in [0.15, 0.2) is 6.35 Å². The second kappa shape index (κ2) is 4.35. The molecule has 0 bridgehead atoms. The molecule has 2 aliphatic rings. The van der Waals surface area contributed by atoms with E-state index in [0.717, 1.165) is 5.56 Å². The number of benzene rings is 1. The van der Waals surface area contributed by atoms with Crippen LogP contribution >= 0.6 is 0 Å². The van der Waals surface area contributed by atoms with E-state index in [1.165, 1.54) is 0 Å². The quantitative estimate of drug-likeness (QED) is 0.709. The Bertz CT molecular complexity index is 443. The topological polar surface area (TPSA) is 70.6 Å². The van der Waals surface area contributed by atoms with E-state index < -0.39 is 11.9 Å². The summed E-state index contributed by atoms with van der Waals surface area (Å²) in [5.41, 5.74) is 0.517. The fraction of sp³-hybridized carbons (Fsp3) is 0.462. The highest BCUT2D eigenvalue weighted by atomic mass is 16.5. The lowest BCUT2D eigenvalue weighted by Crippen LogP contribution is -2.60. The molecule has 1 amide bonds. The first kappa shape index (κ1) is 11.6. The highest BCUT2D eigenvalue weighted by Crippen LogP contribution is 2.37. The molecule has 18 heavy (non-hydrogen) atoms. The molecule has 0 radical (unpaired) electrons. The summed E-state index contributed by atoms with van der Waals surface area (Å²) in [5.74, 6) is -0.130. The molecular weight excluding hydrogens is 232 g/mol. The van der Waals surface area contributed by atoms with Crippen LogP contribution in [0.3, 0.4) is 0 Å². The normalized spacial score (nSPS) is 34.4. The molecule has 1 heterocycles. The zero-order valence-electron chi connectivity index (χ0n) is 9.93. The second-order valence-corrected chi connectivity index (χ2v) is 4.93. The molecule has 5 heteroatoms. The molecule has 2 fully saturated rings. The largest absolute Gasteiger partial charge is 0.373 e. The van der Waals surface area contributed by atoms with E-state index >= 15 is 0 Å². The SMILES string of the molecule is O=C1NC(O)NC12CC(OCc1ccccc1)C2. The average molecular weight is 248 g/mol. The molecule has 1 aromatic carbocycles. The third kappa shape index (κ3) is 2.01. The van der Waals surface area contributed by atoms with Gasteiger partial charge in [-0.25, -0.2) is 0 Å². The zero-order valence-corrected chi connectivity index (χ0v) is 9.93. The van der Waals surface area contributed by atoms with E-state index in [1.807, 2.05) is 30.3 Å². The molecule has 1 unspecified atom stereocenters. The van der Waals surface area contributed by atoms with E-state index in [9.17, 15) is 9.90 Å². The summed E-state index contributed by atoms with van der Waals surface area (Å²) < 4.78 is 5.73. The van der Waals surface area contributed by atoms with Gasteiger partial charge in [0.25, 0.3) is 0 Å². The number of aliphatic hydroxyl groups excluding tert-OH is 1. The van der Waals surface area contributed by atoms with Crippen molar-refractivity contribution in [3.8, 4) is 0 Å². The predicted octanol–water partition coefficient (Wildman–Crippen LogP) is 0.0997. The molecule has 1 aliphatic carbocycles. The standard InChI is InChI=1S/C13H16N2O3/c16-11-13(15-12(17)14-11)6-10(7-13)18-8-9-4-2-1-3-5-9/h1-5,10,12,15,17H,6-8H2,(H,14,16). The molecule has 1 saturated heterocycles. The first-order valence-electron chi connectivity index (χ1n) is 6.10. The summed E-state index contributed by atoms with van der Waals surface area (Å²) in [6.07, 6.45) is 0.382. The van der Waals surface area contributed by atoms with Gasteiger partial charge in [-0.2, -0.15) is 0 Å². The van der Waals surface area contributed by atoms with Gasteiger partial charge >= 0.3 is 0 Å². The second-order valence-electron chi connectivity index (χ2n) is 4.93. The van der Waals surface area contributed by atoms with E-state index in [4.69, 9.17) is 4.74 Å². The van der Waals surface area contributed by atoms with Crippen molar-refractivity contribution in [2.24, 2.45) is 0 Å². The Balaban J connectivity index is 1.50. The van der Waals surface area contributed by atoms with Crippen LogP contribution in [0, 0.1) is 0 Å². The number of hydrogen-bond acceptors (Lipinski definition) is 4. The van der Waals surface area contributed by atoms with E-state index in [2.05, 4.69) is 10.6 Å². The number of amides is 1. The molecule has 1 aliphatic heterocycles. The molecule has 3 rings (SSSR count). The number of nitrogens with one attached hydrogen (secondary N) is 2. The molecular formula is C13H16N2O3. The summed E-state index contributed by atoms with van der Waals surface area (Å²) in [6, 6.07) is 9.94. The lowest BCUT2D eigenvalue weighted by Gasteiger charge is -2.42. The Morgan fingerprint density at radius 3 is 2.67 bits per heavy atom. The van der Waals surface area contributed by atoms with Gasteiger partial charge in [-0.1, -0.05) is 30.3 Å². The maximum absolute atomic E-state index is 11.6. The van der Waals surface area contributed by atoms with Crippen molar-refractivity contribution in [2.45, 2.75) is 37.4 Å². The minimum atomic E-state index is -0.924. The minimum Gasteiger partial charge on any atom is -0.373 e. The van der Waals surface area contributed by atoms with Crippen LogP contribution in [0.5, 0.6) is 0 Å². The predicted molar refractivity (Wildman–Crippen MR) is 64.3 cm³/mol. The minimum absolute atomic E-state index is 0.0776. The summed E-state index contributed by atoms with van der Waals surface area (Å²) in [4.78, 5) is 11.6. The third-order valence-corrected chi connectivity index (χ3v) is 3.60. The van der Waals surface area contributed by atoms with Gasteiger partial charge < -0.3 is 15.2 Å². The average Bonchev–Trinajstić information content (AvgIpc) is 2.62. The summed E-state index contributed by atoms with van der Waals surface area (Å²) in [6.45, 7) is 0.561. The number of carbonyl (C=O) groups is 1. The van der Waals surface area contributed by atoms with Gasteiger partial charge in [-0.15, -0.1) is 0 Å². The molecule has 0 aromatic heterocycles. The Labute approximate surface area is 105 Å². The van der Waals surface area contributed by atoms with Crippen LogP contribution in [0.1, 0.15) is 18.4 Å². The van der Waals surface area contributed by atoms with E-state index in [1.54, 1.807) is 0 Å². The number of carbonyl (C=O) groups excluding carboxylic acids is 1. The van der Waals surface area contributed by atoms with Crippen LogP contribution in [0.25, 0.3) is 0 Å². The van der Waals surface area contributed by atoms with Crippen molar-refractivity contribution in [3.63, 3.8) is 0 Å². The van der Waals surface area contributed by atoms with Crippen molar-refractivity contribution in [3.05, 3.63) is 35.9 Å².